The Morgan fingerprint density at radius 3 is 2.61 bits per heavy atom. The van der Waals surface area contributed by atoms with E-state index < -0.39 is 29.6 Å². The van der Waals surface area contributed by atoms with E-state index in [1.54, 1.807) is 48.9 Å². The second kappa shape index (κ2) is 7.89. The van der Waals surface area contributed by atoms with E-state index in [0.717, 1.165) is 22.0 Å². The smallest absolute Gasteiger partial charge is 0.326 e. The summed E-state index contributed by atoms with van der Waals surface area (Å²) in [5.74, 6) is -2.22. The van der Waals surface area contributed by atoms with Crippen LogP contribution in [0.3, 0.4) is 0 Å². The fraction of sp³-hybridized carbons (Fsp3) is 0.263. The van der Waals surface area contributed by atoms with Gasteiger partial charge in [-0.05, 0) is 37.8 Å². The molecule has 1 fully saturated rings. The molecule has 0 atom stereocenters. The quantitative estimate of drug-likeness (QED) is 0.585. The monoisotopic (exact) mass is 402 g/mol. The molecule has 146 valence electrons. The number of hydrogen-bond donors (Lipinski definition) is 1. The number of para-hydroxylation sites is 1. The number of amides is 2. The van der Waals surface area contributed by atoms with Gasteiger partial charge in [-0.3, -0.25) is 24.1 Å². The highest BCUT2D eigenvalue weighted by Gasteiger charge is 2.37. The zero-order valence-corrected chi connectivity index (χ0v) is 16.1. The summed E-state index contributed by atoms with van der Waals surface area (Å²) in [7, 11) is 0. The van der Waals surface area contributed by atoms with Crippen LogP contribution in [0.1, 0.15) is 19.4 Å². The minimum absolute atomic E-state index is 0.167. The number of rotatable bonds is 6. The van der Waals surface area contributed by atoms with Gasteiger partial charge in [0.15, 0.2) is 0 Å². The molecule has 1 saturated heterocycles. The van der Waals surface area contributed by atoms with Crippen molar-refractivity contribution in [1.29, 1.82) is 0 Å². The molecule has 1 aliphatic rings. The number of ether oxygens (including phenoxy) is 1. The van der Waals surface area contributed by atoms with Crippen LogP contribution in [0, 0.1) is 0 Å². The number of hydrogen-bond acceptors (Lipinski definition) is 6. The number of carbonyl (C=O) groups is 4. The number of carboxylic acid groups (broad SMARTS) is 1. The van der Waals surface area contributed by atoms with Crippen molar-refractivity contribution < 1.29 is 29.0 Å². The Hall–Kier alpha value is -3.07. The number of carbonyl (C=O) groups excluding carboxylic acids is 3. The third kappa shape index (κ3) is 4.09. The Bertz CT molecular complexity index is 1010. The lowest BCUT2D eigenvalue weighted by molar-refractivity contribution is -0.149. The first kappa shape index (κ1) is 19.7. The van der Waals surface area contributed by atoms with E-state index in [0.29, 0.717) is 11.1 Å². The molecule has 0 aliphatic carbocycles. The maximum absolute atomic E-state index is 12.6. The number of esters is 1. The molecule has 2 heterocycles. The van der Waals surface area contributed by atoms with E-state index in [2.05, 4.69) is 0 Å². The van der Waals surface area contributed by atoms with Crippen molar-refractivity contribution in [3.05, 3.63) is 40.9 Å². The van der Waals surface area contributed by atoms with Gasteiger partial charge in [0.05, 0.1) is 11.0 Å². The Labute approximate surface area is 164 Å². The van der Waals surface area contributed by atoms with Crippen LogP contribution in [0.15, 0.2) is 35.4 Å². The standard InChI is InChI=1S/C19H18N2O6S/c1-11(2)27-17(24)10-21-18(25)15(28-19(21)26)7-12-8-20(9-16(22)23)14-6-4-3-5-13(12)14/h3-8,11H,9-10H2,1-2H3,(H,22,23). The number of aromatic nitrogens is 1. The SMILES string of the molecule is CC(C)OC(=O)CN1C(=O)SC(=Cc2cn(CC(=O)O)c3ccccc23)C1=O. The number of carboxylic acids is 1. The number of aliphatic carboxylic acids is 1. The van der Waals surface area contributed by atoms with Crippen LogP contribution in [-0.2, 0) is 25.7 Å². The lowest BCUT2D eigenvalue weighted by Gasteiger charge is -2.13. The predicted octanol–water partition coefficient (Wildman–Crippen LogP) is 2.71. The molecule has 0 bridgehead atoms. The zero-order valence-electron chi connectivity index (χ0n) is 15.2. The number of nitrogens with zero attached hydrogens (tertiary/aromatic N) is 2. The Morgan fingerprint density at radius 1 is 1.21 bits per heavy atom. The lowest BCUT2D eigenvalue weighted by Crippen LogP contribution is -2.35. The fourth-order valence-corrected chi connectivity index (χ4v) is 3.70. The molecule has 0 saturated carbocycles. The summed E-state index contributed by atoms with van der Waals surface area (Å²) in [5, 5.41) is 9.30. The van der Waals surface area contributed by atoms with Crippen molar-refractivity contribution in [1.82, 2.24) is 9.47 Å². The molecular formula is C19H18N2O6S. The summed E-state index contributed by atoms with van der Waals surface area (Å²) in [6.45, 7) is 2.69. The molecule has 1 aromatic carbocycles. The van der Waals surface area contributed by atoms with Crippen molar-refractivity contribution in [3.63, 3.8) is 0 Å². The number of thioether (sulfide) groups is 1. The van der Waals surface area contributed by atoms with Gasteiger partial charge in [0.25, 0.3) is 11.1 Å². The Kier molecular flexibility index (Phi) is 5.55. The third-order valence-electron chi connectivity index (χ3n) is 3.94. The summed E-state index contributed by atoms with van der Waals surface area (Å²) in [4.78, 5) is 48.6. The van der Waals surface area contributed by atoms with E-state index in [-0.39, 0.29) is 17.6 Å². The highest BCUT2D eigenvalue weighted by atomic mass is 32.2. The van der Waals surface area contributed by atoms with E-state index in [9.17, 15) is 19.2 Å². The number of fused-ring (bicyclic) bond motifs is 1. The lowest BCUT2D eigenvalue weighted by atomic mass is 10.1. The van der Waals surface area contributed by atoms with Crippen LogP contribution in [0.5, 0.6) is 0 Å². The minimum Gasteiger partial charge on any atom is -0.480 e. The van der Waals surface area contributed by atoms with Gasteiger partial charge in [-0.1, -0.05) is 18.2 Å². The highest BCUT2D eigenvalue weighted by Crippen LogP contribution is 2.34. The first-order valence-electron chi connectivity index (χ1n) is 8.50. The Morgan fingerprint density at radius 2 is 1.93 bits per heavy atom. The van der Waals surface area contributed by atoms with Crippen molar-refractivity contribution in [2.45, 2.75) is 26.5 Å². The molecule has 1 aromatic heterocycles. The summed E-state index contributed by atoms with van der Waals surface area (Å²) in [6.07, 6.45) is 2.82. The van der Waals surface area contributed by atoms with Gasteiger partial charge in [-0.15, -0.1) is 0 Å². The van der Waals surface area contributed by atoms with Crippen LogP contribution in [0.25, 0.3) is 17.0 Å². The largest absolute Gasteiger partial charge is 0.480 e. The molecule has 2 aromatic rings. The zero-order chi connectivity index (χ0) is 20.4. The van der Waals surface area contributed by atoms with Gasteiger partial charge in [0.1, 0.15) is 13.1 Å². The van der Waals surface area contributed by atoms with E-state index in [4.69, 9.17) is 9.84 Å². The van der Waals surface area contributed by atoms with Crippen LogP contribution in [-0.4, -0.2) is 50.3 Å². The Balaban J connectivity index is 1.90. The first-order chi connectivity index (χ1) is 13.3. The second-order valence-electron chi connectivity index (χ2n) is 6.43. The third-order valence-corrected chi connectivity index (χ3v) is 4.85. The van der Waals surface area contributed by atoms with Crippen molar-refractivity contribution >= 4 is 51.8 Å². The van der Waals surface area contributed by atoms with Gasteiger partial charge in [-0.25, -0.2) is 0 Å². The summed E-state index contributed by atoms with van der Waals surface area (Å²) >= 11 is 0.734. The van der Waals surface area contributed by atoms with Crippen molar-refractivity contribution in [2.24, 2.45) is 0 Å². The average molecular weight is 402 g/mol. The van der Waals surface area contributed by atoms with Gasteiger partial charge < -0.3 is 14.4 Å². The van der Waals surface area contributed by atoms with Gasteiger partial charge in [-0.2, -0.15) is 0 Å². The normalized spacial score (nSPS) is 15.8. The minimum atomic E-state index is -0.990. The van der Waals surface area contributed by atoms with E-state index in [1.165, 1.54) is 0 Å². The molecule has 9 heteroatoms. The molecule has 8 nitrogen and oxygen atoms in total. The van der Waals surface area contributed by atoms with Crippen LogP contribution >= 0.6 is 11.8 Å². The molecule has 0 spiro atoms. The average Bonchev–Trinajstić information content (AvgIpc) is 3.07. The van der Waals surface area contributed by atoms with Crippen molar-refractivity contribution in [3.8, 4) is 0 Å². The molecule has 0 radical (unpaired) electrons. The van der Waals surface area contributed by atoms with Gasteiger partial charge in [0.2, 0.25) is 0 Å². The van der Waals surface area contributed by atoms with Crippen LogP contribution < -0.4 is 0 Å². The first-order valence-corrected chi connectivity index (χ1v) is 9.32. The molecule has 1 aliphatic heterocycles. The summed E-state index contributed by atoms with van der Waals surface area (Å²) < 4.78 is 6.55. The second-order valence-corrected chi connectivity index (χ2v) is 7.42. The molecular weight excluding hydrogens is 384 g/mol. The number of benzene rings is 1. The molecule has 1 N–H and O–H groups in total. The van der Waals surface area contributed by atoms with Crippen LogP contribution in [0.4, 0.5) is 4.79 Å². The van der Waals surface area contributed by atoms with E-state index >= 15 is 0 Å². The molecule has 3 rings (SSSR count). The summed E-state index contributed by atoms with van der Waals surface area (Å²) in [6, 6.07) is 7.18. The maximum atomic E-state index is 12.6. The fourth-order valence-electron chi connectivity index (χ4n) is 2.87. The van der Waals surface area contributed by atoms with Crippen molar-refractivity contribution in [2.75, 3.05) is 6.54 Å². The van der Waals surface area contributed by atoms with Crippen LogP contribution in [0.2, 0.25) is 0 Å². The predicted molar refractivity (Wildman–Crippen MR) is 103 cm³/mol. The number of imide groups is 1. The molecule has 0 unspecified atom stereocenters. The highest BCUT2D eigenvalue weighted by molar-refractivity contribution is 8.18. The van der Waals surface area contributed by atoms with Gasteiger partial charge in [0, 0.05) is 22.7 Å². The topological polar surface area (TPSA) is 106 Å². The van der Waals surface area contributed by atoms with Gasteiger partial charge >= 0.3 is 11.9 Å². The maximum Gasteiger partial charge on any atom is 0.326 e. The summed E-state index contributed by atoms with van der Waals surface area (Å²) in [5.41, 5.74) is 1.32. The van der Waals surface area contributed by atoms with E-state index in [1.807, 2.05) is 6.07 Å². The molecule has 28 heavy (non-hydrogen) atoms. The molecule has 2 amide bonds.